The summed E-state index contributed by atoms with van der Waals surface area (Å²) in [6, 6.07) is 0. The Hall–Kier alpha value is -0.660. The molecule has 8 heteroatoms. The van der Waals surface area contributed by atoms with Gasteiger partial charge in [-0.25, -0.2) is 8.42 Å². The minimum absolute atomic E-state index is 0.233. The highest BCUT2D eigenvalue weighted by Crippen LogP contribution is 2.06. The van der Waals surface area contributed by atoms with Crippen molar-refractivity contribution in [2.45, 2.75) is 12.8 Å². The van der Waals surface area contributed by atoms with Gasteiger partial charge in [0.1, 0.15) is 0 Å². The predicted octanol–water partition coefficient (Wildman–Crippen LogP) is -0.207. The monoisotopic (exact) mass is 229 g/mol. The van der Waals surface area contributed by atoms with Crippen molar-refractivity contribution < 1.29 is 23.1 Å². The molecule has 0 rings (SSSR count). The van der Waals surface area contributed by atoms with E-state index in [1.165, 1.54) is 0 Å². The molecule has 0 fully saturated rings. The number of carboxylic acids is 1. The molecule has 0 heterocycles. The Morgan fingerprint density at radius 1 is 1.38 bits per heavy atom. The Bertz CT molecular complexity index is 309. The first-order chi connectivity index (χ1) is 5.78. The van der Waals surface area contributed by atoms with Crippen LogP contribution in [0.3, 0.4) is 0 Å². The molecule has 0 radical (unpaired) electrons. The molecule has 1 N–H and O–H groups in total. The van der Waals surface area contributed by atoms with Gasteiger partial charge in [0.2, 0.25) is 0 Å². The molecule has 0 aromatic heterocycles. The molecule has 0 aliphatic carbocycles. The Labute approximate surface area is 80.3 Å². The van der Waals surface area contributed by atoms with Gasteiger partial charge in [-0.1, -0.05) is 0 Å². The number of halogens is 1. The molecule has 0 bridgehead atoms. The Balaban J connectivity index is 4.37. The molecule has 0 saturated carbocycles. The van der Waals surface area contributed by atoms with Gasteiger partial charge in [0, 0.05) is 13.5 Å². The van der Waals surface area contributed by atoms with Gasteiger partial charge in [-0.3, -0.25) is 9.59 Å². The Morgan fingerprint density at radius 3 is 2.15 bits per heavy atom. The molecule has 0 saturated heterocycles. The van der Waals surface area contributed by atoms with Crippen molar-refractivity contribution in [1.29, 1.82) is 0 Å². The molecule has 0 aromatic rings. The Kier molecular flexibility index (Phi) is 4.31. The first-order valence-corrected chi connectivity index (χ1v) is 4.95. The highest BCUT2D eigenvalue weighted by molar-refractivity contribution is 8.04. The molecule has 6 nitrogen and oxygen atoms in total. The average Bonchev–Trinajstić information content (AvgIpc) is 1.99. The summed E-state index contributed by atoms with van der Waals surface area (Å²) in [4.78, 5) is 20.8. The van der Waals surface area contributed by atoms with Gasteiger partial charge in [-0.15, -0.1) is 3.82 Å². The fourth-order valence-corrected chi connectivity index (χ4v) is 1.35. The van der Waals surface area contributed by atoms with E-state index < -0.39 is 33.9 Å². The third kappa shape index (κ3) is 3.71. The Morgan fingerprint density at radius 2 is 1.85 bits per heavy atom. The molecular weight excluding hydrogens is 222 g/mol. The highest BCUT2D eigenvalue weighted by Gasteiger charge is 2.26. The second-order valence-corrected chi connectivity index (χ2v) is 4.82. The first-order valence-electron chi connectivity index (χ1n) is 3.18. The van der Waals surface area contributed by atoms with Gasteiger partial charge in [-0.05, 0) is 11.8 Å². The maximum absolute atomic E-state index is 10.9. The first kappa shape index (κ1) is 12.3. The van der Waals surface area contributed by atoms with E-state index in [-0.39, 0.29) is 3.82 Å². The van der Waals surface area contributed by atoms with Crippen molar-refractivity contribution in [1.82, 2.24) is 3.82 Å². The largest absolute Gasteiger partial charge is 0.481 e. The number of hydrogen-bond donors (Lipinski definition) is 1. The molecular formula is C5H8ClNO5S. The van der Waals surface area contributed by atoms with Gasteiger partial charge in [0.25, 0.3) is 15.1 Å². The molecule has 0 unspecified atom stereocenters. The van der Waals surface area contributed by atoms with Crippen LogP contribution in [0, 0.1) is 0 Å². The molecule has 0 amide bonds. The standard InChI is InChI=1S/C5H8ClNO5S/c1-7(6)13(11,12)5(10)3-2-4(8)9/h2-3H2,1H3,(H,8,9). The van der Waals surface area contributed by atoms with Gasteiger partial charge in [-0.2, -0.15) is 0 Å². The van der Waals surface area contributed by atoms with Gasteiger partial charge >= 0.3 is 5.97 Å². The summed E-state index contributed by atoms with van der Waals surface area (Å²) in [5, 5.41) is 6.97. The van der Waals surface area contributed by atoms with Crippen LogP contribution in [0.2, 0.25) is 0 Å². The van der Waals surface area contributed by atoms with E-state index in [1.807, 2.05) is 0 Å². The number of sulfonamides is 1. The van der Waals surface area contributed by atoms with Crippen LogP contribution in [0.1, 0.15) is 12.8 Å². The fraction of sp³-hybridized carbons (Fsp3) is 0.600. The summed E-state index contributed by atoms with van der Waals surface area (Å²) in [5.41, 5.74) is 0. The lowest BCUT2D eigenvalue weighted by Crippen LogP contribution is -2.26. The summed E-state index contributed by atoms with van der Waals surface area (Å²) >= 11 is 5.06. The topological polar surface area (TPSA) is 91.8 Å². The number of hydrogen-bond acceptors (Lipinski definition) is 4. The molecule has 0 atom stereocenters. The van der Waals surface area contributed by atoms with Crippen LogP contribution >= 0.6 is 11.8 Å². The van der Waals surface area contributed by atoms with Crippen LogP contribution in [0.15, 0.2) is 0 Å². The zero-order valence-electron chi connectivity index (χ0n) is 6.73. The fourth-order valence-electron chi connectivity index (χ4n) is 0.478. The zero-order chi connectivity index (χ0) is 10.6. The van der Waals surface area contributed by atoms with Crippen LogP contribution in [0.25, 0.3) is 0 Å². The maximum atomic E-state index is 10.9. The van der Waals surface area contributed by atoms with Crippen LogP contribution < -0.4 is 0 Å². The average molecular weight is 230 g/mol. The second kappa shape index (κ2) is 4.54. The SMILES string of the molecule is CN(Cl)S(=O)(=O)C(=O)CCC(=O)O. The van der Waals surface area contributed by atoms with E-state index in [0.29, 0.717) is 0 Å². The van der Waals surface area contributed by atoms with E-state index in [0.717, 1.165) is 7.05 Å². The molecule has 0 aliphatic heterocycles. The number of rotatable bonds is 4. The summed E-state index contributed by atoms with van der Waals surface area (Å²) in [5.74, 6) is -1.24. The van der Waals surface area contributed by atoms with E-state index in [2.05, 4.69) is 0 Å². The van der Waals surface area contributed by atoms with Crippen LogP contribution in [0.4, 0.5) is 0 Å². The number of carboxylic acid groups (broad SMARTS) is 1. The van der Waals surface area contributed by atoms with Crippen molar-refractivity contribution in [2.24, 2.45) is 0 Å². The van der Waals surface area contributed by atoms with Crippen molar-refractivity contribution in [3.8, 4) is 0 Å². The third-order valence-electron chi connectivity index (χ3n) is 1.16. The van der Waals surface area contributed by atoms with Gasteiger partial charge < -0.3 is 5.11 Å². The quantitative estimate of drug-likeness (QED) is 0.674. The van der Waals surface area contributed by atoms with E-state index >= 15 is 0 Å². The lowest BCUT2D eigenvalue weighted by molar-refractivity contribution is -0.138. The second-order valence-electron chi connectivity index (χ2n) is 2.16. The van der Waals surface area contributed by atoms with Crippen molar-refractivity contribution >= 4 is 32.9 Å². The summed E-state index contributed by atoms with van der Waals surface area (Å²) in [7, 11) is -3.19. The molecule has 0 aliphatic rings. The van der Waals surface area contributed by atoms with Crippen molar-refractivity contribution in [3.05, 3.63) is 0 Å². The number of carbonyl (C=O) groups is 2. The molecule has 76 valence electrons. The van der Waals surface area contributed by atoms with E-state index in [9.17, 15) is 18.0 Å². The summed E-state index contributed by atoms with van der Waals surface area (Å²) in [6.07, 6.45) is -1.10. The normalized spacial score (nSPS) is 11.6. The highest BCUT2D eigenvalue weighted by atomic mass is 35.5. The van der Waals surface area contributed by atoms with Gasteiger partial charge in [0.15, 0.2) is 0 Å². The summed E-state index contributed by atoms with van der Waals surface area (Å²) in [6.45, 7) is 0. The van der Waals surface area contributed by atoms with Crippen LogP contribution in [-0.2, 0) is 19.6 Å². The predicted molar refractivity (Wildman–Crippen MR) is 44.4 cm³/mol. The third-order valence-corrected chi connectivity index (χ3v) is 3.15. The lowest BCUT2D eigenvalue weighted by atomic mass is 10.3. The maximum Gasteiger partial charge on any atom is 0.303 e. The van der Waals surface area contributed by atoms with Crippen molar-refractivity contribution in [2.75, 3.05) is 7.05 Å². The van der Waals surface area contributed by atoms with Crippen LogP contribution in [0.5, 0.6) is 0 Å². The van der Waals surface area contributed by atoms with E-state index in [4.69, 9.17) is 16.9 Å². The molecule has 0 spiro atoms. The van der Waals surface area contributed by atoms with Crippen LogP contribution in [-0.4, -0.2) is 35.5 Å². The molecule has 0 aromatic carbocycles. The smallest absolute Gasteiger partial charge is 0.303 e. The number of nitrogens with zero attached hydrogens (tertiary/aromatic N) is 1. The minimum Gasteiger partial charge on any atom is -0.481 e. The summed E-state index contributed by atoms with van der Waals surface area (Å²) < 4.78 is 22.0. The van der Waals surface area contributed by atoms with E-state index in [1.54, 1.807) is 0 Å². The lowest BCUT2D eigenvalue weighted by Gasteiger charge is -2.05. The number of aliphatic carboxylic acids is 1. The number of carbonyl (C=O) groups excluding carboxylic acids is 1. The molecule has 13 heavy (non-hydrogen) atoms. The zero-order valence-corrected chi connectivity index (χ0v) is 8.30. The van der Waals surface area contributed by atoms with Crippen molar-refractivity contribution in [3.63, 3.8) is 0 Å². The van der Waals surface area contributed by atoms with Gasteiger partial charge in [0.05, 0.1) is 6.42 Å². The minimum atomic E-state index is -4.18.